The molecule has 0 spiro atoms. The van der Waals surface area contributed by atoms with Crippen LogP contribution in [0.15, 0.2) is 12.1 Å². The van der Waals surface area contributed by atoms with Gasteiger partial charge in [0.1, 0.15) is 11.6 Å². The molecule has 80 valence electrons. The molecule has 0 heterocycles. The highest BCUT2D eigenvalue weighted by Gasteiger charge is 2.37. The van der Waals surface area contributed by atoms with E-state index in [0.29, 0.717) is 29.2 Å². The summed E-state index contributed by atoms with van der Waals surface area (Å²) in [6.45, 7) is 5.50. The molecular formula is C13H15FO. The van der Waals surface area contributed by atoms with E-state index in [9.17, 15) is 9.18 Å². The Morgan fingerprint density at radius 1 is 1.27 bits per heavy atom. The van der Waals surface area contributed by atoms with Crippen molar-refractivity contribution in [2.24, 2.45) is 5.92 Å². The summed E-state index contributed by atoms with van der Waals surface area (Å²) in [4.78, 5) is 11.2. The van der Waals surface area contributed by atoms with E-state index in [1.807, 2.05) is 19.1 Å². The van der Waals surface area contributed by atoms with Crippen LogP contribution in [-0.2, 0) is 4.79 Å². The summed E-state index contributed by atoms with van der Waals surface area (Å²) in [7, 11) is 0. The van der Waals surface area contributed by atoms with Crippen LogP contribution in [0.3, 0.4) is 0 Å². The summed E-state index contributed by atoms with van der Waals surface area (Å²) in [5.74, 6) is 0.599. The highest BCUT2D eigenvalue weighted by Crippen LogP contribution is 2.40. The Balaban J connectivity index is 2.35. The summed E-state index contributed by atoms with van der Waals surface area (Å²) in [6, 6.07) is 3.74. The molecule has 1 saturated carbocycles. The van der Waals surface area contributed by atoms with E-state index < -0.39 is 0 Å². The minimum absolute atomic E-state index is 0.106. The van der Waals surface area contributed by atoms with Gasteiger partial charge in [-0.25, -0.2) is 4.39 Å². The Labute approximate surface area is 89.3 Å². The maximum atomic E-state index is 13.4. The maximum Gasteiger partial charge on any atom is 0.136 e. The largest absolute Gasteiger partial charge is 0.299 e. The number of hydrogen-bond donors (Lipinski definition) is 0. The molecule has 1 aromatic rings. The van der Waals surface area contributed by atoms with Crippen LogP contribution in [-0.4, -0.2) is 5.78 Å². The first-order chi connectivity index (χ1) is 7.00. The number of aryl methyl sites for hydroxylation is 2. The lowest BCUT2D eigenvalue weighted by molar-refractivity contribution is -0.130. The van der Waals surface area contributed by atoms with Gasteiger partial charge in [-0.05, 0) is 30.5 Å². The monoisotopic (exact) mass is 206 g/mol. The molecule has 2 unspecified atom stereocenters. The molecule has 1 nitrogen and oxygen atoms in total. The number of carbonyl (C=O) groups is 1. The van der Waals surface area contributed by atoms with Crippen LogP contribution in [0.2, 0.25) is 0 Å². The lowest BCUT2D eigenvalue weighted by Gasteiger charge is -2.33. The molecule has 0 aliphatic heterocycles. The van der Waals surface area contributed by atoms with E-state index in [1.165, 1.54) is 0 Å². The molecule has 0 radical (unpaired) electrons. The summed E-state index contributed by atoms with van der Waals surface area (Å²) in [5, 5.41) is 0. The molecule has 1 fully saturated rings. The van der Waals surface area contributed by atoms with Gasteiger partial charge in [0.15, 0.2) is 0 Å². The van der Waals surface area contributed by atoms with Crippen molar-refractivity contribution in [1.82, 2.24) is 0 Å². The van der Waals surface area contributed by atoms with E-state index >= 15 is 0 Å². The van der Waals surface area contributed by atoms with Crippen molar-refractivity contribution in [3.8, 4) is 0 Å². The van der Waals surface area contributed by atoms with Gasteiger partial charge < -0.3 is 0 Å². The molecule has 0 amide bonds. The zero-order chi connectivity index (χ0) is 11.2. The molecule has 2 rings (SSSR count). The normalized spacial score (nSPS) is 25.2. The Morgan fingerprint density at radius 3 is 2.20 bits per heavy atom. The third-order valence-electron chi connectivity index (χ3n) is 3.42. The van der Waals surface area contributed by atoms with Crippen molar-refractivity contribution in [2.45, 2.75) is 33.1 Å². The molecule has 0 bridgehead atoms. The van der Waals surface area contributed by atoms with Crippen LogP contribution < -0.4 is 0 Å². The van der Waals surface area contributed by atoms with E-state index in [0.717, 1.165) is 5.56 Å². The molecule has 0 N–H and O–H groups in total. The Hall–Kier alpha value is -1.18. The number of rotatable bonds is 1. The first kappa shape index (κ1) is 10.3. The molecule has 15 heavy (non-hydrogen) atoms. The number of halogens is 1. The van der Waals surface area contributed by atoms with Gasteiger partial charge in [0.2, 0.25) is 0 Å². The van der Waals surface area contributed by atoms with Crippen LogP contribution in [0.1, 0.15) is 36.0 Å². The molecule has 1 aliphatic carbocycles. The zero-order valence-corrected chi connectivity index (χ0v) is 9.30. The average Bonchev–Trinajstić information content (AvgIpc) is 2.21. The van der Waals surface area contributed by atoms with Gasteiger partial charge in [0.25, 0.3) is 0 Å². The molecule has 1 aromatic carbocycles. The number of hydrogen-bond acceptors (Lipinski definition) is 1. The van der Waals surface area contributed by atoms with Crippen LogP contribution in [0.25, 0.3) is 0 Å². The maximum absolute atomic E-state index is 13.4. The second-order valence-corrected chi connectivity index (χ2v) is 4.53. The number of ketones is 1. The SMILES string of the molecule is Cc1cc(C2CC(=O)C2C)cc(C)c1F. The fraction of sp³-hybridized carbons (Fsp3) is 0.462. The highest BCUT2D eigenvalue weighted by atomic mass is 19.1. The van der Waals surface area contributed by atoms with E-state index in [1.54, 1.807) is 13.8 Å². The van der Waals surface area contributed by atoms with Crippen molar-refractivity contribution in [1.29, 1.82) is 0 Å². The smallest absolute Gasteiger partial charge is 0.136 e. The first-order valence-electron chi connectivity index (χ1n) is 5.30. The number of carbonyl (C=O) groups excluding carboxylic acids is 1. The van der Waals surface area contributed by atoms with Gasteiger partial charge in [-0.2, -0.15) is 0 Å². The van der Waals surface area contributed by atoms with Crippen molar-refractivity contribution < 1.29 is 9.18 Å². The Bertz CT molecular complexity index is 400. The Morgan fingerprint density at radius 2 is 1.80 bits per heavy atom. The van der Waals surface area contributed by atoms with E-state index in [4.69, 9.17) is 0 Å². The summed E-state index contributed by atoms with van der Waals surface area (Å²) >= 11 is 0. The summed E-state index contributed by atoms with van der Waals surface area (Å²) < 4.78 is 13.4. The van der Waals surface area contributed by atoms with Crippen molar-refractivity contribution in [3.05, 3.63) is 34.6 Å². The van der Waals surface area contributed by atoms with Gasteiger partial charge in [-0.15, -0.1) is 0 Å². The average molecular weight is 206 g/mol. The van der Waals surface area contributed by atoms with Crippen molar-refractivity contribution >= 4 is 5.78 Å². The molecule has 2 atom stereocenters. The molecule has 2 heteroatoms. The lowest BCUT2D eigenvalue weighted by Crippen LogP contribution is -2.32. The van der Waals surface area contributed by atoms with Gasteiger partial charge >= 0.3 is 0 Å². The molecule has 0 saturated heterocycles. The number of Topliss-reactive ketones (excluding diaryl/α,β-unsaturated/α-hetero) is 1. The first-order valence-corrected chi connectivity index (χ1v) is 5.30. The quantitative estimate of drug-likeness (QED) is 0.690. The van der Waals surface area contributed by atoms with Gasteiger partial charge in [-0.3, -0.25) is 4.79 Å². The minimum atomic E-state index is -0.128. The topological polar surface area (TPSA) is 17.1 Å². The number of benzene rings is 1. The second-order valence-electron chi connectivity index (χ2n) is 4.53. The molecule has 1 aliphatic rings. The third-order valence-corrected chi connectivity index (χ3v) is 3.42. The van der Waals surface area contributed by atoms with Crippen LogP contribution in [0.5, 0.6) is 0 Å². The zero-order valence-electron chi connectivity index (χ0n) is 9.30. The standard InChI is InChI=1S/C13H15FO/c1-7-4-10(5-8(2)13(7)14)11-6-12(15)9(11)3/h4-5,9,11H,6H2,1-3H3. The van der Waals surface area contributed by atoms with E-state index in [-0.39, 0.29) is 11.7 Å². The summed E-state index contributed by atoms with van der Waals surface area (Å²) in [5.41, 5.74) is 2.46. The predicted molar refractivity (Wildman–Crippen MR) is 57.4 cm³/mol. The van der Waals surface area contributed by atoms with Gasteiger partial charge in [0, 0.05) is 18.3 Å². The third kappa shape index (κ3) is 1.58. The van der Waals surface area contributed by atoms with Crippen molar-refractivity contribution in [3.63, 3.8) is 0 Å². The molecule has 0 aromatic heterocycles. The fourth-order valence-corrected chi connectivity index (χ4v) is 2.24. The second kappa shape index (κ2) is 3.44. The predicted octanol–water partition coefficient (Wildman–Crippen LogP) is 3.14. The Kier molecular flexibility index (Phi) is 2.37. The van der Waals surface area contributed by atoms with E-state index in [2.05, 4.69) is 0 Å². The lowest BCUT2D eigenvalue weighted by atomic mass is 9.69. The van der Waals surface area contributed by atoms with Crippen LogP contribution in [0, 0.1) is 25.6 Å². The molecular weight excluding hydrogens is 191 g/mol. The van der Waals surface area contributed by atoms with Crippen LogP contribution >= 0.6 is 0 Å². The minimum Gasteiger partial charge on any atom is -0.299 e. The highest BCUT2D eigenvalue weighted by molar-refractivity contribution is 5.89. The van der Waals surface area contributed by atoms with Crippen LogP contribution in [0.4, 0.5) is 4.39 Å². The van der Waals surface area contributed by atoms with Gasteiger partial charge in [-0.1, -0.05) is 19.1 Å². The van der Waals surface area contributed by atoms with Crippen molar-refractivity contribution in [2.75, 3.05) is 0 Å². The van der Waals surface area contributed by atoms with Gasteiger partial charge in [0.05, 0.1) is 0 Å². The fourth-order valence-electron chi connectivity index (χ4n) is 2.24. The summed E-state index contributed by atoms with van der Waals surface area (Å²) in [6.07, 6.45) is 0.617.